The van der Waals surface area contributed by atoms with Gasteiger partial charge < -0.3 is 15.8 Å². The molecule has 0 atom stereocenters. The number of carbonyl (C=O) groups excluding carboxylic acids is 1. The van der Waals surface area contributed by atoms with Gasteiger partial charge in [-0.25, -0.2) is 0 Å². The van der Waals surface area contributed by atoms with Gasteiger partial charge in [0, 0.05) is 24.1 Å². The maximum Gasteiger partial charge on any atom is 0.312 e. The summed E-state index contributed by atoms with van der Waals surface area (Å²) in [6.07, 6.45) is 0. The van der Waals surface area contributed by atoms with Gasteiger partial charge in [0.1, 0.15) is 0 Å². The molecule has 0 saturated carbocycles. The molecule has 0 spiro atoms. The zero-order valence-electron chi connectivity index (χ0n) is 10.4. The molecule has 0 radical (unpaired) electrons. The number of nitro groups is 1. The van der Waals surface area contributed by atoms with E-state index in [1.165, 1.54) is 31.0 Å². The van der Waals surface area contributed by atoms with Crippen LogP contribution in [0.4, 0.5) is 11.4 Å². The first-order chi connectivity index (χ1) is 9.08. The molecule has 1 amide bonds. The summed E-state index contributed by atoms with van der Waals surface area (Å²) in [7, 11) is 1.35. The highest BCUT2D eigenvalue weighted by Gasteiger charge is 2.15. The third-order valence-electron chi connectivity index (χ3n) is 2.15. The highest BCUT2D eigenvalue weighted by molar-refractivity contribution is 7.99. The Labute approximate surface area is 114 Å². The van der Waals surface area contributed by atoms with Gasteiger partial charge in [0.05, 0.1) is 17.8 Å². The average molecular weight is 285 g/mol. The monoisotopic (exact) mass is 285 g/mol. The zero-order chi connectivity index (χ0) is 14.3. The van der Waals surface area contributed by atoms with Crippen LogP contribution >= 0.6 is 11.8 Å². The van der Waals surface area contributed by atoms with Gasteiger partial charge in [-0.15, -0.1) is 0 Å². The number of hydrogen-bond acceptors (Lipinski definition) is 6. The summed E-state index contributed by atoms with van der Waals surface area (Å²) in [6, 6.07) is 4.27. The molecule has 7 nitrogen and oxygen atoms in total. The first kappa shape index (κ1) is 15.3. The van der Waals surface area contributed by atoms with Crippen molar-refractivity contribution in [2.24, 2.45) is 5.73 Å². The Morgan fingerprint density at radius 3 is 2.89 bits per heavy atom. The molecule has 1 aromatic carbocycles. The van der Waals surface area contributed by atoms with Gasteiger partial charge in [-0.2, -0.15) is 11.8 Å². The van der Waals surface area contributed by atoms with Gasteiger partial charge in [0.15, 0.2) is 5.75 Å². The van der Waals surface area contributed by atoms with E-state index in [2.05, 4.69) is 5.32 Å². The fourth-order valence-corrected chi connectivity index (χ4v) is 1.92. The molecule has 3 N–H and O–H groups in total. The molecule has 0 heterocycles. The number of rotatable bonds is 7. The van der Waals surface area contributed by atoms with E-state index in [9.17, 15) is 14.9 Å². The summed E-state index contributed by atoms with van der Waals surface area (Å²) in [6.45, 7) is 0.506. The first-order valence-corrected chi connectivity index (χ1v) is 6.64. The number of benzene rings is 1. The summed E-state index contributed by atoms with van der Waals surface area (Å²) in [5.41, 5.74) is 5.49. The molecule has 0 fully saturated rings. The van der Waals surface area contributed by atoms with Gasteiger partial charge >= 0.3 is 5.69 Å². The van der Waals surface area contributed by atoms with Crippen molar-refractivity contribution in [3.8, 4) is 5.75 Å². The molecule has 0 aliphatic rings. The van der Waals surface area contributed by atoms with E-state index in [1.54, 1.807) is 6.07 Å². The highest BCUT2D eigenvalue weighted by atomic mass is 32.2. The molecule has 0 aliphatic carbocycles. The maximum atomic E-state index is 11.5. The quantitative estimate of drug-likeness (QED) is 0.443. The van der Waals surface area contributed by atoms with Crippen molar-refractivity contribution >= 4 is 29.0 Å². The number of nitrogens with one attached hydrogen (secondary N) is 1. The lowest BCUT2D eigenvalue weighted by Crippen LogP contribution is -2.15. The predicted octanol–water partition coefficient (Wildman–Crippen LogP) is 1.23. The first-order valence-electron chi connectivity index (χ1n) is 5.48. The van der Waals surface area contributed by atoms with Crippen LogP contribution in [0, 0.1) is 10.1 Å². The third kappa shape index (κ3) is 4.76. The van der Waals surface area contributed by atoms with Crippen LogP contribution in [-0.4, -0.2) is 36.0 Å². The second-order valence-electron chi connectivity index (χ2n) is 3.53. The van der Waals surface area contributed by atoms with E-state index in [0.29, 0.717) is 18.0 Å². The normalized spacial score (nSPS) is 10.0. The number of hydrogen-bond donors (Lipinski definition) is 2. The van der Waals surface area contributed by atoms with Gasteiger partial charge in [0.2, 0.25) is 5.91 Å². The van der Waals surface area contributed by atoms with Crippen molar-refractivity contribution in [1.82, 2.24) is 0 Å². The van der Waals surface area contributed by atoms with E-state index in [4.69, 9.17) is 10.5 Å². The van der Waals surface area contributed by atoms with Gasteiger partial charge in [-0.3, -0.25) is 14.9 Å². The standard InChI is InChI=1S/C11H15N3O4S/c1-18-10-3-2-8(6-9(10)14(16)17)13-11(15)7-19-5-4-12/h2-3,6H,4-5,7,12H2,1H3,(H,13,15). The zero-order valence-corrected chi connectivity index (χ0v) is 11.2. The lowest BCUT2D eigenvalue weighted by Gasteiger charge is -2.06. The summed E-state index contributed by atoms with van der Waals surface area (Å²) in [4.78, 5) is 21.8. The Kier molecular flexibility index (Phi) is 6.10. The minimum atomic E-state index is -0.558. The van der Waals surface area contributed by atoms with Gasteiger partial charge in [-0.05, 0) is 12.1 Å². The van der Waals surface area contributed by atoms with Gasteiger partial charge in [-0.1, -0.05) is 0 Å². The summed E-state index contributed by atoms with van der Waals surface area (Å²) in [5, 5.41) is 13.4. The van der Waals surface area contributed by atoms with Crippen LogP contribution in [0.15, 0.2) is 18.2 Å². The number of anilines is 1. The largest absolute Gasteiger partial charge is 0.490 e. The van der Waals surface area contributed by atoms with Gasteiger partial charge in [0.25, 0.3) is 0 Å². The van der Waals surface area contributed by atoms with E-state index in [0.717, 1.165) is 0 Å². The van der Waals surface area contributed by atoms with Crippen LogP contribution in [0.5, 0.6) is 5.75 Å². The Morgan fingerprint density at radius 1 is 1.58 bits per heavy atom. The van der Waals surface area contributed by atoms with E-state index >= 15 is 0 Å². The van der Waals surface area contributed by atoms with Crippen LogP contribution in [0.25, 0.3) is 0 Å². The van der Waals surface area contributed by atoms with Crippen molar-refractivity contribution < 1.29 is 14.5 Å². The molecule has 0 bridgehead atoms. The topological polar surface area (TPSA) is 107 Å². The third-order valence-corrected chi connectivity index (χ3v) is 3.15. The second kappa shape index (κ2) is 7.59. The minimum Gasteiger partial charge on any atom is -0.490 e. The van der Waals surface area contributed by atoms with E-state index < -0.39 is 4.92 Å². The molecule has 104 valence electrons. The Morgan fingerprint density at radius 2 is 2.32 bits per heavy atom. The number of thioether (sulfide) groups is 1. The van der Waals surface area contributed by atoms with Crippen LogP contribution in [-0.2, 0) is 4.79 Å². The number of amides is 1. The summed E-state index contributed by atoms with van der Waals surface area (Å²) >= 11 is 1.40. The maximum absolute atomic E-state index is 11.5. The Bertz CT molecular complexity index is 467. The molecule has 1 rings (SSSR count). The fourth-order valence-electron chi connectivity index (χ4n) is 1.36. The molecular weight excluding hydrogens is 270 g/mol. The molecule has 0 aliphatic heterocycles. The number of ether oxygens (including phenoxy) is 1. The van der Waals surface area contributed by atoms with Crippen LogP contribution < -0.4 is 15.8 Å². The molecule has 19 heavy (non-hydrogen) atoms. The number of nitro benzene ring substituents is 1. The fraction of sp³-hybridized carbons (Fsp3) is 0.364. The van der Waals surface area contributed by atoms with Crippen molar-refractivity contribution in [1.29, 1.82) is 0 Å². The lowest BCUT2D eigenvalue weighted by atomic mass is 10.2. The Balaban J connectivity index is 2.71. The smallest absolute Gasteiger partial charge is 0.312 e. The van der Waals surface area contributed by atoms with Crippen molar-refractivity contribution in [3.63, 3.8) is 0 Å². The summed E-state index contributed by atoms with van der Waals surface area (Å²) in [5.74, 6) is 0.881. The molecular formula is C11H15N3O4S. The highest BCUT2D eigenvalue weighted by Crippen LogP contribution is 2.29. The second-order valence-corrected chi connectivity index (χ2v) is 4.64. The minimum absolute atomic E-state index is 0.153. The van der Waals surface area contributed by atoms with Crippen molar-refractivity contribution in [2.75, 3.05) is 30.5 Å². The molecule has 1 aromatic rings. The van der Waals surface area contributed by atoms with E-state index in [-0.39, 0.29) is 23.1 Å². The van der Waals surface area contributed by atoms with Crippen molar-refractivity contribution in [2.45, 2.75) is 0 Å². The Hall–Kier alpha value is -1.80. The number of nitrogens with zero attached hydrogens (tertiary/aromatic N) is 1. The van der Waals surface area contributed by atoms with Crippen LogP contribution in [0.2, 0.25) is 0 Å². The summed E-state index contributed by atoms with van der Waals surface area (Å²) < 4.78 is 4.87. The van der Waals surface area contributed by atoms with E-state index in [1.807, 2.05) is 0 Å². The van der Waals surface area contributed by atoms with Crippen LogP contribution in [0.3, 0.4) is 0 Å². The SMILES string of the molecule is COc1ccc(NC(=O)CSCCN)cc1[N+](=O)[O-]. The molecule has 8 heteroatoms. The average Bonchev–Trinajstić information content (AvgIpc) is 2.39. The van der Waals surface area contributed by atoms with Crippen LogP contribution in [0.1, 0.15) is 0 Å². The number of nitrogens with two attached hydrogens (primary N) is 1. The molecule has 0 saturated heterocycles. The lowest BCUT2D eigenvalue weighted by molar-refractivity contribution is -0.385. The predicted molar refractivity (Wildman–Crippen MR) is 74.7 cm³/mol. The number of carbonyl (C=O) groups is 1. The molecule has 0 aromatic heterocycles. The van der Waals surface area contributed by atoms with Crippen molar-refractivity contribution in [3.05, 3.63) is 28.3 Å². The molecule has 0 unspecified atom stereocenters. The number of methoxy groups -OCH3 is 1.